The van der Waals surface area contributed by atoms with Crippen LogP contribution in [0.4, 0.5) is 0 Å². The molecule has 0 radical (unpaired) electrons. The first-order chi connectivity index (χ1) is 9.49. The van der Waals surface area contributed by atoms with Crippen LogP contribution in [-0.4, -0.2) is 9.55 Å². The molecule has 5 heteroatoms. The molecule has 0 aliphatic heterocycles. The maximum absolute atomic E-state index is 5.99. The number of nitrogens with zero attached hydrogens (tertiary/aromatic N) is 2. The summed E-state index contributed by atoms with van der Waals surface area (Å²) in [5.74, 6) is 0.819. The van der Waals surface area contributed by atoms with Gasteiger partial charge in [0, 0.05) is 22.1 Å². The lowest BCUT2D eigenvalue weighted by Crippen LogP contribution is -2.10. The number of aromatic nitrogens is 2. The molecular formula is C15H20BrN3O. The van der Waals surface area contributed by atoms with E-state index in [2.05, 4.69) is 39.3 Å². The number of imidazole rings is 1. The number of ether oxygens (including phenoxy) is 1. The van der Waals surface area contributed by atoms with Crippen molar-refractivity contribution in [2.75, 3.05) is 0 Å². The highest BCUT2D eigenvalue weighted by atomic mass is 79.9. The fourth-order valence-electron chi connectivity index (χ4n) is 2.07. The second-order valence-electron chi connectivity index (χ2n) is 5.15. The van der Waals surface area contributed by atoms with Crippen molar-refractivity contribution < 1.29 is 4.74 Å². The highest BCUT2D eigenvalue weighted by molar-refractivity contribution is 9.10. The molecule has 0 aliphatic rings. The molecule has 4 nitrogen and oxygen atoms in total. The van der Waals surface area contributed by atoms with Crippen LogP contribution in [0.2, 0.25) is 0 Å². The molecule has 0 saturated heterocycles. The van der Waals surface area contributed by atoms with Crippen molar-refractivity contribution in [3.8, 4) is 5.75 Å². The van der Waals surface area contributed by atoms with Gasteiger partial charge in [-0.15, -0.1) is 0 Å². The Hall–Kier alpha value is -1.33. The summed E-state index contributed by atoms with van der Waals surface area (Å²) in [6, 6.07) is 6.20. The van der Waals surface area contributed by atoms with Gasteiger partial charge in [0.1, 0.15) is 12.4 Å². The molecule has 20 heavy (non-hydrogen) atoms. The zero-order valence-electron chi connectivity index (χ0n) is 12.0. The summed E-state index contributed by atoms with van der Waals surface area (Å²) in [7, 11) is 0. The van der Waals surface area contributed by atoms with E-state index in [-0.39, 0.29) is 6.04 Å². The monoisotopic (exact) mass is 337 g/mol. The molecule has 2 rings (SSSR count). The molecule has 1 aromatic carbocycles. The Morgan fingerprint density at radius 3 is 2.75 bits per heavy atom. The highest BCUT2D eigenvalue weighted by Gasteiger charge is 2.11. The average molecular weight is 338 g/mol. The number of halogens is 1. The minimum atomic E-state index is -0.0718. The fourth-order valence-corrected chi connectivity index (χ4v) is 2.45. The molecule has 1 atom stereocenters. The number of nitrogens with two attached hydrogens (primary N) is 1. The van der Waals surface area contributed by atoms with Gasteiger partial charge in [-0.25, -0.2) is 4.98 Å². The summed E-state index contributed by atoms with van der Waals surface area (Å²) in [5.41, 5.74) is 8.04. The highest BCUT2D eigenvalue weighted by Crippen LogP contribution is 2.28. The summed E-state index contributed by atoms with van der Waals surface area (Å²) in [6.07, 6.45) is 3.67. The van der Waals surface area contributed by atoms with E-state index in [4.69, 9.17) is 10.5 Å². The molecule has 0 bridgehead atoms. The minimum absolute atomic E-state index is 0.0718. The predicted octanol–water partition coefficient (Wildman–Crippen LogP) is 3.83. The Bertz CT molecular complexity index is 578. The third-order valence-corrected chi connectivity index (χ3v) is 3.63. The van der Waals surface area contributed by atoms with E-state index < -0.39 is 0 Å². The third-order valence-electron chi connectivity index (χ3n) is 3.14. The molecular weight excluding hydrogens is 318 g/mol. The van der Waals surface area contributed by atoms with E-state index in [1.165, 1.54) is 0 Å². The van der Waals surface area contributed by atoms with E-state index >= 15 is 0 Å². The van der Waals surface area contributed by atoms with Crippen LogP contribution in [-0.2, 0) is 6.61 Å². The number of hydrogen-bond acceptors (Lipinski definition) is 3. The second kappa shape index (κ2) is 6.41. The summed E-state index contributed by atoms with van der Waals surface area (Å²) in [6.45, 7) is 6.68. The quantitative estimate of drug-likeness (QED) is 0.902. The molecule has 2 N–H and O–H groups in total. The van der Waals surface area contributed by atoms with Crippen LogP contribution < -0.4 is 10.5 Å². The fraction of sp³-hybridized carbons (Fsp3) is 0.400. The largest absolute Gasteiger partial charge is 0.487 e. The van der Waals surface area contributed by atoms with Gasteiger partial charge in [0.25, 0.3) is 0 Å². The minimum Gasteiger partial charge on any atom is -0.487 e. The van der Waals surface area contributed by atoms with E-state index in [0.29, 0.717) is 12.6 Å². The van der Waals surface area contributed by atoms with Crippen molar-refractivity contribution in [3.63, 3.8) is 0 Å². The van der Waals surface area contributed by atoms with E-state index in [9.17, 15) is 0 Å². The summed E-state index contributed by atoms with van der Waals surface area (Å²) < 4.78 is 9.03. The summed E-state index contributed by atoms with van der Waals surface area (Å²) in [4.78, 5) is 4.18. The Kier molecular flexibility index (Phi) is 4.83. The van der Waals surface area contributed by atoms with Gasteiger partial charge >= 0.3 is 0 Å². The molecule has 0 aliphatic carbocycles. The molecule has 0 saturated carbocycles. The Morgan fingerprint density at radius 1 is 1.35 bits per heavy atom. The number of rotatable bonds is 5. The topological polar surface area (TPSA) is 53.1 Å². The normalized spacial score (nSPS) is 12.7. The van der Waals surface area contributed by atoms with E-state index in [0.717, 1.165) is 21.5 Å². The average Bonchev–Trinajstić information content (AvgIpc) is 2.85. The lowest BCUT2D eigenvalue weighted by Gasteiger charge is -2.16. The van der Waals surface area contributed by atoms with E-state index in [1.54, 1.807) is 0 Å². The van der Waals surface area contributed by atoms with Crippen LogP contribution in [0, 0.1) is 0 Å². The molecule has 0 unspecified atom stereocenters. The SMILES string of the molecule is CC(C)n1cncc1COc1ccc(Br)cc1[C@H](C)N. The molecule has 0 amide bonds. The van der Waals surface area contributed by atoms with Crippen LogP contribution in [0.15, 0.2) is 35.2 Å². The molecule has 2 aromatic rings. The first-order valence-electron chi connectivity index (χ1n) is 6.67. The molecule has 108 valence electrons. The van der Waals surface area contributed by atoms with Gasteiger partial charge in [-0.2, -0.15) is 0 Å². The van der Waals surface area contributed by atoms with Gasteiger partial charge in [0.2, 0.25) is 0 Å². The van der Waals surface area contributed by atoms with Crippen LogP contribution in [0.3, 0.4) is 0 Å². The first-order valence-corrected chi connectivity index (χ1v) is 7.47. The van der Waals surface area contributed by atoms with Crippen molar-refractivity contribution in [1.29, 1.82) is 0 Å². The van der Waals surface area contributed by atoms with Gasteiger partial charge in [-0.1, -0.05) is 15.9 Å². The van der Waals surface area contributed by atoms with Crippen LogP contribution >= 0.6 is 15.9 Å². The van der Waals surface area contributed by atoms with Gasteiger partial charge < -0.3 is 15.0 Å². The Morgan fingerprint density at radius 2 is 2.10 bits per heavy atom. The maximum atomic E-state index is 5.99. The lowest BCUT2D eigenvalue weighted by molar-refractivity contribution is 0.288. The standard InChI is InChI=1S/C15H20BrN3O/c1-10(2)19-9-18-7-13(19)8-20-15-5-4-12(16)6-14(15)11(3)17/h4-7,9-11H,8,17H2,1-3H3/t11-/m0/s1. The molecule has 0 spiro atoms. The lowest BCUT2D eigenvalue weighted by atomic mass is 10.1. The van der Waals surface area contributed by atoms with Crippen molar-refractivity contribution >= 4 is 15.9 Å². The second-order valence-corrected chi connectivity index (χ2v) is 6.06. The Balaban J connectivity index is 2.17. The summed E-state index contributed by atoms with van der Waals surface area (Å²) >= 11 is 3.46. The van der Waals surface area contributed by atoms with Crippen LogP contribution in [0.1, 0.15) is 44.1 Å². The van der Waals surface area contributed by atoms with Gasteiger partial charge in [-0.3, -0.25) is 0 Å². The molecule has 0 fully saturated rings. The third kappa shape index (κ3) is 3.41. The van der Waals surface area contributed by atoms with Gasteiger partial charge in [-0.05, 0) is 39.0 Å². The zero-order chi connectivity index (χ0) is 14.7. The number of hydrogen-bond donors (Lipinski definition) is 1. The van der Waals surface area contributed by atoms with Gasteiger partial charge in [0.15, 0.2) is 0 Å². The van der Waals surface area contributed by atoms with Crippen molar-refractivity contribution in [3.05, 3.63) is 46.5 Å². The first kappa shape index (κ1) is 15.1. The summed E-state index contributed by atoms with van der Waals surface area (Å²) in [5, 5.41) is 0. The van der Waals surface area contributed by atoms with Crippen LogP contribution in [0.5, 0.6) is 5.75 Å². The van der Waals surface area contributed by atoms with Crippen molar-refractivity contribution in [1.82, 2.24) is 9.55 Å². The van der Waals surface area contributed by atoms with Gasteiger partial charge in [0.05, 0.1) is 18.2 Å². The molecule has 1 aromatic heterocycles. The maximum Gasteiger partial charge on any atom is 0.130 e. The smallest absolute Gasteiger partial charge is 0.130 e. The van der Waals surface area contributed by atoms with Crippen molar-refractivity contribution in [2.24, 2.45) is 5.73 Å². The number of benzene rings is 1. The van der Waals surface area contributed by atoms with Crippen molar-refractivity contribution in [2.45, 2.75) is 39.5 Å². The Labute approximate surface area is 128 Å². The van der Waals surface area contributed by atoms with Crippen LogP contribution in [0.25, 0.3) is 0 Å². The van der Waals surface area contributed by atoms with E-state index in [1.807, 2.05) is 37.6 Å². The predicted molar refractivity (Wildman–Crippen MR) is 83.7 cm³/mol. The molecule has 1 heterocycles. The zero-order valence-corrected chi connectivity index (χ0v) is 13.6.